The van der Waals surface area contributed by atoms with Crippen molar-refractivity contribution in [3.8, 4) is 0 Å². The number of carbonyl (C=O) groups excluding carboxylic acids is 1. The van der Waals surface area contributed by atoms with Crippen LogP contribution in [-0.2, 0) is 17.9 Å². The van der Waals surface area contributed by atoms with Crippen LogP contribution in [0.2, 0.25) is 0 Å². The van der Waals surface area contributed by atoms with Crippen LogP contribution in [0.25, 0.3) is 0 Å². The predicted octanol–water partition coefficient (Wildman–Crippen LogP) is 1.25. The summed E-state index contributed by atoms with van der Waals surface area (Å²) in [6, 6.07) is 0.466. The van der Waals surface area contributed by atoms with E-state index in [2.05, 4.69) is 24.1 Å². The first-order valence-corrected chi connectivity index (χ1v) is 6.43. The summed E-state index contributed by atoms with van der Waals surface area (Å²) in [5.41, 5.74) is 1.04. The standard InChI is InChI=1S/C13H24N4O/c1-11(2)14-8-12-9-17(10-15-12)7-5-6-13(18)16(3)4/h9-11,14H,5-8H2,1-4H3. The molecule has 0 aromatic carbocycles. The molecule has 1 N–H and O–H groups in total. The Morgan fingerprint density at radius 2 is 2.22 bits per heavy atom. The van der Waals surface area contributed by atoms with E-state index < -0.39 is 0 Å². The zero-order valence-corrected chi connectivity index (χ0v) is 11.8. The predicted molar refractivity (Wildman–Crippen MR) is 72.1 cm³/mol. The third-order valence-electron chi connectivity index (χ3n) is 2.68. The van der Waals surface area contributed by atoms with Crippen LogP contribution in [0.5, 0.6) is 0 Å². The maximum Gasteiger partial charge on any atom is 0.222 e. The summed E-state index contributed by atoms with van der Waals surface area (Å²) >= 11 is 0. The van der Waals surface area contributed by atoms with Gasteiger partial charge in [0.1, 0.15) is 0 Å². The number of rotatable bonds is 7. The minimum atomic E-state index is 0.178. The summed E-state index contributed by atoms with van der Waals surface area (Å²) < 4.78 is 2.04. The van der Waals surface area contributed by atoms with Crippen LogP contribution in [0.3, 0.4) is 0 Å². The third-order valence-corrected chi connectivity index (χ3v) is 2.68. The highest BCUT2D eigenvalue weighted by Crippen LogP contribution is 2.01. The van der Waals surface area contributed by atoms with Gasteiger partial charge in [0.15, 0.2) is 0 Å². The van der Waals surface area contributed by atoms with Gasteiger partial charge in [0.2, 0.25) is 5.91 Å². The Balaban J connectivity index is 2.29. The van der Waals surface area contributed by atoms with E-state index in [1.165, 1.54) is 0 Å². The molecule has 0 aliphatic carbocycles. The van der Waals surface area contributed by atoms with E-state index in [1.54, 1.807) is 19.0 Å². The van der Waals surface area contributed by atoms with Crippen molar-refractivity contribution in [2.75, 3.05) is 14.1 Å². The smallest absolute Gasteiger partial charge is 0.222 e. The lowest BCUT2D eigenvalue weighted by atomic mass is 10.3. The topological polar surface area (TPSA) is 50.2 Å². The number of hydrogen-bond donors (Lipinski definition) is 1. The molecule has 0 atom stereocenters. The Hall–Kier alpha value is -1.36. The van der Waals surface area contributed by atoms with Crippen molar-refractivity contribution in [2.24, 2.45) is 0 Å². The number of nitrogens with one attached hydrogen (secondary N) is 1. The monoisotopic (exact) mass is 252 g/mol. The lowest BCUT2D eigenvalue weighted by Crippen LogP contribution is -2.22. The zero-order valence-electron chi connectivity index (χ0n) is 11.8. The van der Waals surface area contributed by atoms with Gasteiger partial charge in [-0.05, 0) is 6.42 Å². The quantitative estimate of drug-likeness (QED) is 0.794. The fourth-order valence-electron chi connectivity index (χ4n) is 1.57. The first-order chi connectivity index (χ1) is 8.49. The number of hydrogen-bond acceptors (Lipinski definition) is 3. The van der Waals surface area contributed by atoms with Crippen molar-refractivity contribution in [1.29, 1.82) is 0 Å². The summed E-state index contributed by atoms with van der Waals surface area (Å²) in [6.07, 6.45) is 5.31. The maximum absolute atomic E-state index is 11.4. The fraction of sp³-hybridized carbons (Fsp3) is 0.692. The lowest BCUT2D eigenvalue weighted by Gasteiger charge is -2.09. The first kappa shape index (κ1) is 14.7. The van der Waals surface area contributed by atoms with Crippen LogP contribution in [0.4, 0.5) is 0 Å². The van der Waals surface area contributed by atoms with Crippen LogP contribution in [0.15, 0.2) is 12.5 Å². The molecule has 0 bridgehead atoms. The SMILES string of the molecule is CC(C)NCc1cn(CCCC(=O)N(C)C)cn1. The van der Waals surface area contributed by atoms with E-state index in [4.69, 9.17) is 0 Å². The molecule has 0 aliphatic rings. The van der Waals surface area contributed by atoms with Crippen molar-refractivity contribution in [3.05, 3.63) is 18.2 Å². The normalized spacial score (nSPS) is 10.9. The average Bonchev–Trinajstić information content (AvgIpc) is 2.74. The second-order valence-electron chi connectivity index (χ2n) is 5.03. The summed E-state index contributed by atoms with van der Waals surface area (Å²) in [5.74, 6) is 0.178. The second kappa shape index (κ2) is 7.16. The Labute approximate surface area is 109 Å². The van der Waals surface area contributed by atoms with E-state index in [9.17, 15) is 4.79 Å². The fourth-order valence-corrected chi connectivity index (χ4v) is 1.57. The average molecular weight is 252 g/mol. The number of aromatic nitrogens is 2. The molecule has 5 nitrogen and oxygen atoms in total. The molecule has 0 spiro atoms. The van der Waals surface area contributed by atoms with Gasteiger partial charge in [0.25, 0.3) is 0 Å². The third kappa shape index (κ3) is 5.31. The number of imidazole rings is 1. The first-order valence-electron chi connectivity index (χ1n) is 6.43. The second-order valence-corrected chi connectivity index (χ2v) is 5.03. The van der Waals surface area contributed by atoms with Gasteiger partial charge in [-0.15, -0.1) is 0 Å². The van der Waals surface area contributed by atoms with Crippen LogP contribution in [0, 0.1) is 0 Å². The molecular weight excluding hydrogens is 228 g/mol. The summed E-state index contributed by atoms with van der Waals surface area (Å²) in [6.45, 7) is 5.86. The van der Waals surface area contributed by atoms with Gasteiger partial charge in [-0.2, -0.15) is 0 Å². The molecule has 0 saturated heterocycles. The molecule has 1 amide bonds. The lowest BCUT2D eigenvalue weighted by molar-refractivity contribution is -0.128. The molecule has 5 heteroatoms. The Bertz CT molecular complexity index is 371. The maximum atomic E-state index is 11.4. The molecule has 1 heterocycles. The van der Waals surface area contributed by atoms with Crippen LogP contribution in [-0.4, -0.2) is 40.5 Å². The van der Waals surface area contributed by atoms with Crippen LogP contribution in [0.1, 0.15) is 32.4 Å². The van der Waals surface area contributed by atoms with E-state index in [-0.39, 0.29) is 5.91 Å². The van der Waals surface area contributed by atoms with E-state index >= 15 is 0 Å². The van der Waals surface area contributed by atoms with Crippen molar-refractivity contribution >= 4 is 5.91 Å². The molecule has 18 heavy (non-hydrogen) atoms. The number of aryl methyl sites for hydroxylation is 1. The molecule has 1 aromatic heterocycles. The van der Waals surface area contributed by atoms with Crippen LogP contribution >= 0.6 is 0 Å². The largest absolute Gasteiger partial charge is 0.349 e. The summed E-state index contributed by atoms with van der Waals surface area (Å²) in [4.78, 5) is 17.4. The van der Waals surface area contributed by atoms with Gasteiger partial charge in [0, 0.05) is 45.8 Å². The van der Waals surface area contributed by atoms with Crippen LogP contribution < -0.4 is 5.32 Å². The van der Waals surface area contributed by atoms with E-state index in [0.29, 0.717) is 12.5 Å². The molecular formula is C13H24N4O. The Morgan fingerprint density at radius 1 is 1.50 bits per heavy atom. The zero-order chi connectivity index (χ0) is 13.5. The molecule has 0 unspecified atom stereocenters. The minimum Gasteiger partial charge on any atom is -0.349 e. The molecule has 0 radical (unpaired) electrons. The van der Waals surface area contributed by atoms with Gasteiger partial charge in [-0.1, -0.05) is 13.8 Å². The molecule has 0 aliphatic heterocycles. The van der Waals surface area contributed by atoms with Gasteiger partial charge in [0.05, 0.1) is 12.0 Å². The number of amides is 1. The van der Waals surface area contributed by atoms with Gasteiger partial charge in [-0.3, -0.25) is 4.79 Å². The molecule has 0 fully saturated rings. The van der Waals surface area contributed by atoms with Crippen molar-refractivity contribution < 1.29 is 4.79 Å². The van der Waals surface area contributed by atoms with Gasteiger partial charge in [-0.25, -0.2) is 4.98 Å². The summed E-state index contributed by atoms with van der Waals surface area (Å²) in [7, 11) is 3.57. The van der Waals surface area contributed by atoms with Crippen molar-refractivity contribution in [1.82, 2.24) is 19.8 Å². The van der Waals surface area contributed by atoms with E-state index in [0.717, 1.165) is 25.2 Å². The molecule has 1 rings (SSSR count). The highest BCUT2D eigenvalue weighted by Gasteiger charge is 2.04. The number of nitrogens with zero attached hydrogens (tertiary/aromatic N) is 3. The molecule has 1 aromatic rings. The van der Waals surface area contributed by atoms with Gasteiger partial charge < -0.3 is 14.8 Å². The molecule has 0 saturated carbocycles. The minimum absolute atomic E-state index is 0.178. The van der Waals surface area contributed by atoms with Gasteiger partial charge >= 0.3 is 0 Å². The number of carbonyl (C=O) groups is 1. The Kier molecular flexibility index (Phi) is 5.85. The van der Waals surface area contributed by atoms with E-state index in [1.807, 2.05) is 17.1 Å². The highest BCUT2D eigenvalue weighted by molar-refractivity contribution is 5.75. The van der Waals surface area contributed by atoms with Crippen molar-refractivity contribution in [2.45, 2.75) is 45.8 Å². The van der Waals surface area contributed by atoms with Crippen molar-refractivity contribution in [3.63, 3.8) is 0 Å². The highest BCUT2D eigenvalue weighted by atomic mass is 16.2. The summed E-state index contributed by atoms with van der Waals surface area (Å²) in [5, 5.41) is 3.33. The Morgan fingerprint density at radius 3 is 2.83 bits per heavy atom. The molecule has 102 valence electrons.